The summed E-state index contributed by atoms with van der Waals surface area (Å²) in [4.78, 5) is 20.1. The fourth-order valence-electron chi connectivity index (χ4n) is 3.01. The van der Waals surface area contributed by atoms with E-state index >= 15 is 0 Å². The summed E-state index contributed by atoms with van der Waals surface area (Å²) in [5.41, 5.74) is 2.49. The molecule has 0 aliphatic carbocycles. The van der Waals surface area contributed by atoms with Gasteiger partial charge in [-0.1, -0.05) is 42.5 Å². The molecule has 0 amide bonds. The average molecular weight is 346 g/mol. The summed E-state index contributed by atoms with van der Waals surface area (Å²) < 4.78 is 7.29. The van der Waals surface area contributed by atoms with Crippen molar-refractivity contribution < 1.29 is 4.74 Å². The van der Waals surface area contributed by atoms with Crippen molar-refractivity contribution in [1.29, 1.82) is 0 Å². The normalized spacial score (nSPS) is 11.0. The molecule has 0 radical (unpaired) electrons. The number of hydrogen-bond acceptors (Lipinski definition) is 4. The van der Waals surface area contributed by atoms with Gasteiger partial charge in [-0.25, -0.2) is 9.50 Å². The number of nitrogens with zero attached hydrogens (tertiary/aromatic N) is 3. The molecule has 0 atom stereocenters. The van der Waals surface area contributed by atoms with Crippen molar-refractivity contribution in [2.24, 2.45) is 0 Å². The number of rotatable bonds is 4. The quantitative estimate of drug-likeness (QED) is 0.614. The summed E-state index contributed by atoms with van der Waals surface area (Å²) in [6.45, 7) is 4.26. The van der Waals surface area contributed by atoms with Crippen molar-refractivity contribution in [2.45, 2.75) is 13.8 Å². The first-order valence-electron chi connectivity index (χ1n) is 8.46. The van der Waals surface area contributed by atoms with Crippen molar-refractivity contribution in [1.82, 2.24) is 19.6 Å². The van der Waals surface area contributed by atoms with Crippen LogP contribution >= 0.6 is 0 Å². The Labute approximate surface area is 150 Å². The highest BCUT2D eigenvalue weighted by molar-refractivity contribution is 5.67. The van der Waals surface area contributed by atoms with Crippen molar-refractivity contribution in [2.75, 3.05) is 6.61 Å². The molecular weight excluding hydrogens is 328 g/mol. The number of hydrogen-bond donors (Lipinski definition) is 1. The van der Waals surface area contributed by atoms with Crippen molar-refractivity contribution in [3.05, 3.63) is 70.6 Å². The van der Waals surface area contributed by atoms with Gasteiger partial charge in [-0.15, -0.1) is 5.10 Å². The third-order valence-corrected chi connectivity index (χ3v) is 4.15. The number of para-hydroxylation sites is 1. The fourth-order valence-corrected chi connectivity index (χ4v) is 3.01. The van der Waals surface area contributed by atoms with Crippen LogP contribution in [0.1, 0.15) is 12.6 Å². The molecule has 0 aliphatic heterocycles. The van der Waals surface area contributed by atoms with Crippen LogP contribution in [-0.2, 0) is 0 Å². The largest absolute Gasteiger partial charge is 0.493 e. The molecule has 0 saturated carbocycles. The van der Waals surface area contributed by atoms with Gasteiger partial charge in [0.15, 0.2) is 17.2 Å². The van der Waals surface area contributed by atoms with Gasteiger partial charge in [-0.2, -0.15) is 0 Å². The van der Waals surface area contributed by atoms with E-state index in [2.05, 4.69) is 15.1 Å². The maximum atomic E-state index is 12.7. The van der Waals surface area contributed by atoms with Crippen LogP contribution in [0, 0.1) is 6.92 Å². The Balaban J connectivity index is 1.99. The molecule has 0 aliphatic rings. The van der Waals surface area contributed by atoms with Gasteiger partial charge in [0.05, 0.1) is 17.9 Å². The molecule has 130 valence electrons. The topological polar surface area (TPSA) is 72.3 Å². The molecular formula is C20H18N4O2. The Morgan fingerprint density at radius 1 is 1.08 bits per heavy atom. The first-order valence-corrected chi connectivity index (χ1v) is 8.46. The number of aryl methyl sites for hydroxylation is 1. The molecule has 6 heteroatoms. The molecule has 0 unspecified atom stereocenters. The van der Waals surface area contributed by atoms with E-state index < -0.39 is 0 Å². The second-order valence-electron chi connectivity index (χ2n) is 5.88. The van der Waals surface area contributed by atoms with E-state index in [0.717, 1.165) is 11.1 Å². The van der Waals surface area contributed by atoms with Gasteiger partial charge in [-0.3, -0.25) is 4.79 Å². The Morgan fingerprint density at radius 2 is 1.81 bits per heavy atom. The van der Waals surface area contributed by atoms with Gasteiger partial charge in [0, 0.05) is 5.56 Å². The average Bonchev–Trinajstić information content (AvgIpc) is 3.00. The van der Waals surface area contributed by atoms with Crippen LogP contribution in [0.3, 0.4) is 0 Å². The van der Waals surface area contributed by atoms with Crippen molar-refractivity contribution in [3.8, 4) is 28.5 Å². The molecule has 0 spiro atoms. The molecule has 0 bridgehead atoms. The van der Waals surface area contributed by atoms with E-state index in [1.165, 1.54) is 0 Å². The molecule has 4 rings (SSSR count). The number of benzene rings is 2. The van der Waals surface area contributed by atoms with E-state index in [-0.39, 0.29) is 5.56 Å². The fraction of sp³-hybridized carbons (Fsp3) is 0.150. The summed E-state index contributed by atoms with van der Waals surface area (Å²) in [6, 6.07) is 17.2. The highest BCUT2D eigenvalue weighted by atomic mass is 16.5. The Bertz CT molecular complexity index is 1130. The van der Waals surface area contributed by atoms with Crippen LogP contribution in [0.2, 0.25) is 0 Å². The molecule has 1 N–H and O–H groups in total. The van der Waals surface area contributed by atoms with Gasteiger partial charge in [0.2, 0.25) is 0 Å². The number of aromatic nitrogens is 4. The highest BCUT2D eigenvalue weighted by Crippen LogP contribution is 2.27. The maximum absolute atomic E-state index is 12.7. The lowest BCUT2D eigenvalue weighted by molar-refractivity contribution is 0.341. The first-order chi connectivity index (χ1) is 12.7. The molecule has 6 nitrogen and oxygen atoms in total. The lowest BCUT2D eigenvalue weighted by Crippen LogP contribution is -2.15. The number of H-pyrrole nitrogens is 1. The number of imidazole rings is 1. The van der Waals surface area contributed by atoms with E-state index in [0.29, 0.717) is 35.2 Å². The van der Waals surface area contributed by atoms with E-state index in [9.17, 15) is 4.79 Å². The first kappa shape index (κ1) is 16.1. The van der Waals surface area contributed by atoms with Gasteiger partial charge >= 0.3 is 0 Å². The zero-order chi connectivity index (χ0) is 18.1. The highest BCUT2D eigenvalue weighted by Gasteiger charge is 2.17. The van der Waals surface area contributed by atoms with Gasteiger partial charge in [0.1, 0.15) is 5.75 Å². The smallest absolute Gasteiger partial charge is 0.277 e. The number of nitrogens with one attached hydrogen (secondary N) is 1. The summed E-state index contributed by atoms with van der Waals surface area (Å²) in [5.74, 6) is 1.76. The Hall–Kier alpha value is -3.41. The predicted octanol–water partition coefficient (Wildman–Crippen LogP) is 3.46. The standard InChI is InChI=1S/C20H18N4O2/c1-3-26-16-12-8-7-11-15(16)18-22-20(25)17-13(2)21-19(24(17)23-18)14-9-5-4-6-10-14/h4-12H,3H2,1-2H3,(H,22,23,25). The molecule has 2 aromatic heterocycles. The summed E-state index contributed by atoms with van der Waals surface area (Å²) in [7, 11) is 0. The predicted molar refractivity (Wildman–Crippen MR) is 100 cm³/mol. The molecule has 2 aromatic carbocycles. The number of ether oxygens (including phenoxy) is 1. The maximum Gasteiger partial charge on any atom is 0.277 e. The molecule has 0 saturated heterocycles. The Kier molecular flexibility index (Phi) is 4.01. The molecule has 0 fully saturated rings. The molecule has 2 heterocycles. The minimum absolute atomic E-state index is 0.228. The van der Waals surface area contributed by atoms with Crippen molar-refractivity contribution >= 4 is 5.52 Å². The summed E-state index contributed by atoms with van der Waals surface area (Å²) in [6.07, 6.45) is 0. The van der Waals surface area contributed by atoms with E-state index in [1.54, 1.807) is 4.52 Å². The SMILES string of the molecule is CCOc1ccccc1-c1nn2c(-c3ccccc3)nc(C)c2c(=O)[nH]1. The van der Waals surface area contributed by atoms with Crippen LogP contribution in [-0.4, -0.2) is 26.2 Å². The van der Waals surface area contributed by atoms with E-state index in [4.69, 9.17) is 4.74 Å². The summed E-state index contributed by atoms with van der Waals surface area (Å²) >= 11 is 0. The molecule has 4 aromatic rings. The zero-order valence-electron chi connectivity index (χ0n) is 14.6. The zero-order valence-corrected chi connectivity index (χ0v) is 14.6. The van der Waals surface area contributed by atoms with Crippen LogP contribution in [0.5, 0.6) is 5.75 Å². The third kappa shape index (κ3) is 2.65. The van der Waals surface area contributed by atoms with Crippen LogP contribution in [0.4, 0.5) is 0 Å². The summed E-state index contributed by atoms with van der Waals surface area (Å²) in [5, 5.41) is 4.66. The lowest BCUT2D eigenvalue weighted by atomic mass is 10.2. The van der Waals surface area contributed by atoms with Gasteiger partial charge < -0.3 is 9.72 Å². The number of fused-ring (bicyclic) bond motifs is 1. The minimum Gasteiger partial charge on any atom is -0.493 e. The van der Waals surface area contributed by atoms with Crippen LogP contribution < -0.4 is 10.3 Å². The monoisotopic (exact) mass is 346 g/mol. The van der Waals surface area contributed by atoms with Gasteiger partial charge in [-0.05, 0) is 26.0 Å². The lowest BCUT2D eigenvalue weighted by Gasteiger charge is -2.10. The van der Waals surface area contributed by atoms with Crippen molar-refractivity contribution in [3.63, 3.8) is 0 Å². The third-order valence-electron chi connectivity index (χ3n) is 4.15. The van der Waals surface area contributed by atoms with E-state index in [1.807, 2.05) is 68.4 Å². The number of aromatic amines is 1. The second kappa shape index (κ2) is 6.48. The Morgan fingerprint density at radius 3 is 2.58 bits per heavy atom. The van der Waals surface area contributed by atoms with Crippen LogP contribution in [0.15, 0.2) is 59.4 Å². The second-order valence-corrected chi connectivity index (χ2v) is 5.88. The van der Waals surface area contributed by atoms with Gasteiger partial charge in [0.25, 0.3) is 5.56 Å². The van der Waals surface area contributed by atoms with Crippen LogP contribution in [0.25, 0.3) is 28.3 Å². The molecule has 26 heavy (non-hydrogen) atoms. The minimum atomic E-state index is -0.228.